The first kappa shape index (κ1) is 19.5. The van der Waals surface area contributed by atoms with Crippen LogP contribution >= 0.6 is 0 Å². The third-order valence-corrected chi connectivity index (χ3v) is 5.51. The molecular formula is C20H26N4O5. The Bertz CT molecular complexity index is 791. The Kier molecular flexibility index (Phi) is 5.84. The van der Waals surface area contributed by atoms with Crippen molar-refractivity contribution < 1.29 is 23.9 Å². The average Bonchev–Trinajstić information content (AvgIpc) is 3.20. The van der Waals surface area contributed by atoms with Crippen LogP contribution in [0.3, 0.4) is 0 Å². The van der Waals surface area contributed by atoms with Crippen LogP contribution < -0.4 is 14.8 Å². The van der Waals surface area contributed by atoms with Gasteiger partial charge in [-0.1, -0.05) is 6.07 Å². The van der Waals surface area contributed by atoms with E-state index >= 15 is 0 Å². The van der Waals surface area contributed by atoms with Crippen LogP contribution in [0.5, 0.6) is 11.5 Å². The minimum absolute atomic E-state index is 0.00235. The van der Waals surface area contributed by atoms with Gasteiger partial charge in [0.2, 0.25) is 24.5 Å². The number of piperazine rings is 2. The van der Waals surface area contributed by atoms with Crippen molar-refractivity contribution in [2.45, 2.75) is 19.4 Å². The normalized spacial score (nSPS) is 19.2. The van der Waals surface area contributed by atoms with Gasteiger partial charge in [-0.25, -0.2) is 0 Å². The van der Waals surface area contributed by atoms with E-state index in [-0.39, 0.29) is 43.9 Å². The molecule has 3 amide bonds. The fraction of sp³-hybridized carbons (Fsp3) is 0.550. The zero-order valence-corrected chi connectivity index (χ0v) is 16.4. The maximum Gasteiger partial charge on any atom is 0.239 e. The molecule has 4 rings (SSSR count). The summed E-state index contributed by atoms with van der Waals surface area (Å²) < 4.78 is 10.8. The summed E-state index contributed by atoms with van der Waals surface area (Å²) in [5.41, 5.74) is 1.16. The molecule has 0 atom stereocenters. The van der Waals surface area contributed by atoms with Crippen molar-refractivity contribution in [1.82, 2.24) is 20.0 Å². The molecule has 3 heterocycles. The van der Waals surface area contributed by atoms with Gasteiger partial charge in [0.05, 0.1) is 6.54 Å². The molecule has 2 saturated heterocycles. The maximum atomic E-state index is 12.5. The second kappa shape index (κ2) is 8.69. The predicted octanol–water partition coefficient (Wildman–Crippen LogP) is -0.202. The molecule has 0 bridgehead atoms. The number of hydrogen-bond donors (Lipinski definition) is 1. The largest absolute Gasteiger partial charge is 0.454 e. The Balaban J connectivity index is 1.19. The smallest absolute Gasteiger partial charge is 0.239 e. The lowest BCUT2D eigenvalue weighted by atomic mass is 10.1. The van der Waals surface area contributed by atoms with E-state index in [4.69, 9.17) is 9.47 Å². The van der Waals surface area contributed by atoms with E-state index in [1.54, 1.807) is 0 Å². The summed E-state index contributed by atoms with van der Waals surface area (Å²) in [5.74, 6) is 1.29. The Labute approximate surface area is 169 Å². The Morgan fingerprint density at radius 1 is 0.931 bits per heavy atom. The van der Waals surface area contributed by atoms with Gasteiger partial charge in [0.1, 0.15) is 0 Å². The standard InChI is InChI=1S/C20H26N4O5/c25-18-13-24(6-5-21-18)20(27)4-3-19(26)23-9-7-22(8-10-23)12-15-1-2-16-17(11-15)29-14-28-16/h1-2,11H,3-10,12-14H2,(H,21,25). The first-order chi connectivity index (χ1) is 14.1. The predicted molar refractivity (Wildman–Crippen MR) is 103 cm³/mol. The fourth-order valence-corrected chi connectivity index (χ4v) is 3.83. The minimum Gasteiger partial charge on any atom is -0.454 e. The van der Waals surface area contributed by atoms with Gasteiger partial charge < -0.3 is 24.6 Å². The maximum absolute atomic E-state index is 12.5. The van der Waals surface area contributed by atoms with Gasteiger partial charge in [0, 0.05) is 58.7 Å². The number of hydrogen-bond acceptors (Lipinski definition) is 6. The highest BCUT2D eigenvalue weighted by molar-refractivity contribution is 5.88. The lowest BCUT2D eigenvalue weighted by molar-refractivity contribution is -0.140. The van der Waals surface area contributed by atoms with Gasteiger partial charge in [-0.15, -0.1) is 0 Å². The van der Waals surface area contributed by atoms with Crippen molar-refractivity contribution >= 4 is 17.7 Å². The van der Waals surface area contributed by atoms with Crippen molar-refractivity contribution in [3.63, 3.8) is 0 Å². The second-order valence-electron chi connectivity index (χ2n) is 7.51. The molecule has 0 saturated carbocycles. The number of ether oxygens (including phenoxy) is 2. The number of nitrogens with one attached hydrogen (secondary N) is 1. The number of amides is 3. The first-order valence-electron chi connectivity index (χ1n) is 10.0. The lowest BCUT2D eigenvalue weighted by Crippen LogP contribution is -2.50. The highest BCUT2D eigenvalue weighted by atomic mass is 16.7. The van der Waals surface area contributed by atoms with Crippen LogP contribution in [0.25, 0.3) is 0 Å². The molecule has 2 fully saturated rings. The van der Waals surface area contributed by atoms with Crippen LogP contribution in [-0.2, 0) is 20.9 Å². The van der Waals surface area contributed by atoms with E-state index in [2.05, 4.69) is 10.2 Å². The second-order valence-corrected chi connectivity index (χ2v) is 7.51. The molecule has 9 heteroatoms. The molecule has 0 aliphatic carbocycles. The Hall–Kier alpha value is -2.81. The van der Waals surface area contributed by atoms with Gasteiger partial charge in [-0.05, 0) is 17.7 Å². The Morgan fingerprint density at radius 3 is 2.41 bits per heavy atom. The number of nitrogens with zero attached hydrogens (tertiary/aromatic N) is 3. The van der Waals surface area contributed by atoms with E-state index in [0.717, 1.165) is 36.7 Å². The fourth-order valence-electron chi connectivity index (χ4n) is 3.83. The molecule has 1 aromatic carbocycles. The molecule has 0 spiro atoms. The van der Waals surface area contributed by atoms with Crippen LogP contribution in [0.2, 0.25) is 0 Å². The van der Waals surface area contributed by atoms with Crippen LogP contribution in [0.4, 0.5) is 0 Å². The quantitative estimate of drug-likeness (QED) is 0.734. The molecule has 156 valence electrons. The summed E-state index contributed by atoms with van der Waals surface area (Å²) in [6, 6.07) is 5.98. The van der Waals surface area contributed by atoms with Gasteiger partial charge in [0.15, 0.2) is 11.5 Å². The number of carbonyl (C=O) groups is 3. The van der Waals surface area contributed by atoms with Crippen molar-refractivity contribution in [3.8, 4) is 11.5 Å². The van der Waals surface area contributed by atoms with E-state index in [1.165, 1.54) is 4.90 Å². The van der Waals surface area contributed by atoms with Crippen LogP contribution in [-0.4, -0.2) is 85.0 Å². The van der Waals surface area contributed by atoms with Crippen LogP contribution in [0.1, 0.15) is 18.4 Å². The van der Waals surface area contributed by atoms with Gasteiger partial charge in [0.25, 0.3) is 0 Å². The molecular weight excluding hydrogens is 376 g/mol. The topological polar surface area (TPSA) is 91.4 Å². The third-order valence-electron chi connectivity index (χ3n) is 5.51. The van der Waals surface area contributed by atoms with Gasteiger partial charge >= 0.3 is 0 Å². The molecule has 9 nitrogen and oxygen atoms in total. The molecule has 0 unspecified atom stereocenters. The summed E-state index contributed by atoms with van der Waals surface area (Å²) in [7, 11) is 0. The summed E-state index contributed by atoms with van der Waals surface area (Å²) >= 11 is 0. The van der Waals surface area contributed by atoms with Crippen LogP contribution in [0.15, 0.2) is 18.2 Å². The third kappa shape index (κ3) is 4.79. The molecule has 29 heavy (non-hydrogen) atoms. The van der Waals surface area contributed by atoms with E-state index in [1.807, 2.05) is 23.1 Å². The Morgan fingerprint density at radius 2 is 1.66 bits per heavy atom. The molecule has 1 aromatic rings. The molecule has 1 N–H and O–H groups in total. The molecule has 3 aliphatic heterocycles. The zero-order valence-electron chi connectivity index (χ0n) is 16.4. The molecule has 0 radical (unpaired) electrons. The molecule has 3 aliphatic rings. The van der Waals surface area contributed by atoms with Gasteiger partial charge in [-0.2, -0.15) is 0 Å². The first-order valence-corrected chi connectivity index (χ1v) is 10.0. The highest BCUT2D eigenvalue weighted by Crippen LogP contribution is 2.32. The monoisotopic (exact) mass is 402 g/mol. The average molecular weight is 402 g/mol. The van der Waals surface area contributed by atoms with E-state index in [0.29, 0.717) is 26.2 Å². The van der Waals surface area contributed by atoms with Crippen molar-refractivity contribution in [2.75, 3.05) is 52.6 Å². The van der Waals surface area contributed by atoms with E-state index < -0.39 is 0 Å². The summed E-state index contributed by atoms with van der Waals surface area (Å²) in [5, 5.41) is 2.69. The van der Waals surface area contributed by atoms with Crippen molar-refractivity contribution in [1.29, 1.82) is 0 Å². The van der Waals surface area contributed by atoms with Crippen molar-refractivity contribution in [3.05, 3.63) is 23.8 Å². The number of carbonyl (C=O) groups excluding carboxylic acids is 3. The lowest BCUT2D eigenvalue weighted by Gasteiger charge is -2.35. The van der Waals surface area contributed by atoms with E-state index in [9.17, 15) is 14.4 Å². The number of benzene rings is 1. The minimum atomic E-state index is -0.144. The van der Waals surface area contributed by atoms with Crippen molar-refractivity contribution in [2.24, 2.45) is 0 Å². The van der Waals surface area contributed by atoms with Gasteiger partial charge in [-0.3, -0.25) is 19.3 Å². The summed E-state index contributed by atoms with van der Waals surface area (Å²) in [6.07, 6.45) is 0.350. The zero-order chi connectivity index (χ0) is 20.2. The summed E-state index contributed by atoms with van der Waals surface area (Å²) in [4.78, 5) is 41.7. The number of rotatable bonds is 5. The molecule has 0 aromatic heterocycles. The summed E-state index contributed by atoms with van der Waals surface area (Å²) in [6.45, 7) is 5.04. The SMILES string of the molecule is O=C1CN(C(=O)CCC(=O)N2CCN(Cc3ccc4c(c3)OCO4)CC2)CCN1. The van der Waals surface area contributed by atoms with Crippen LogP contribution in [0, 0.1) is 0 Å². The highest BCUT2D eigenvalue weighted by Gasteiger charge is 2.25. The number of fused-ring (bicyclic) bond motifs is 1.